The first-order valence-electron chi connectivity index (χ1n) is 10.2. The maximum atomic E-state index is 12.8. The molecule has 0 atom stereocenters. The molecule has 4 rings (SSSR count). The Morgan fingerprint density at radius 2 is 2.10 bits per heavy atom. The Labute approximate surface area is 170 Å². The van der Waals surface area contributed by atoms with Crippen LogP contribution in [-0.2, 0) is 17.8 Å². The van der Waals surface area contributed by atoms with E-state index in [1.807, 2.05) is 25.1 Å². The molecule has 2 amide bonds. The van der Waals surface area contributed by atoms with Gasteiger partial charge in [0.2, 0.25) is 5.91 Å². The second-order valence-electron chi connectivity index (χ2n) is 7.81. The second kappa shape index (κ2) is 8.59. The fourth-order valence-electron chi connectivity index (χ4n) is 3.37. The number of ether oxygens (including phenoxy) is 1. The van der Waals surface area contributed by atoms with Gasteiger partial charge in [-0.25, -0.2) is 4.98 Å². The van der Waals surface area contributed by atoms with Gasteiger partial charge in [0.25, 0.3) is 5.91 Å². The van der Waals surface area contributed by atoms with Crippen molar-refractivity contribution in [3.05, 3.63) is 53.1 Å². The lowest BCUT2D eigenvalue weighted by atomic mass is 10.0. The second-order valence-corrected chi connectivity index (χ2v) is 7.81. The minimum Gasteiger partial charge on any atom is -0.491 e. The molecular formula is C22H26N4O3. The van der Waals surface area contributed by atoms with E-state index >= 15 is 0 Å². The summed E-state index contributed by atoms with van der Waals surface area (Å²) < 4.78 is 5.83. The molecule has 0 unspecified atom stereocenters. The van der Waals surface area contributed by atoms with Gasteiger partial charge in [-0.15, -0.1) is 0 Å². The molecule has 2 heterocycles. The van der Waals surface area contributed by atoms with E-state index in [0.717, 1.165) is 29.1 Å². The number of hydrogen-bond acceptors (Lipinski definition) is 5. The average molecular weight is 394 g/mol. The van der Waals surface area contributed by atoms with Crippen molar-refractivity contribution in [2.45, 2.75) is 39.2 Å². The summed E-state index contributed by atoms with van der Waals surface area (Å²) in [6, 6.07) is 5.97. The SMILES string of the molecule is Cc1cnc(C(=O)N2CCOc3ccc(CCC(=O)NCC4CC4)cc3C2)cn1. The number of aromatic nitrogens is 2. The molecule has 152 valence electrons. The third-order valence-corrected chi connectivity index (χ3v) is 5.32. The first-order chi connectivity index (χ1) is 14.1. The number of nitrogens with one attached hydrogen (secondary N) is 1. The molecule has 1 aromatic carbocycles. The molecule has 1 aliphatic heterocycles. The lowest BCUT2D eigenvalue weighted by molar-refractivity contribution is -0.121. The highest BCUT2D eigenvalue weighted by Gasteiger charge is 2.23. The summed E-state index contributed by atoms with van der Waals surface area (Å²) in [5.41, 5.74) is 3.13. The van der Waals surface area contributed by atoms with Gasteiger partial charge in [0.1, 0.15) is 18.1 Å². The fourth-order valence-corrected chi connectivity index (χ4v) is 3.37. The minimum absolute atomic E-state index is 0.0952. The van der Waals surface area contributed by atoms with Gasteiger partial charge in [-0.3, -0.25) is 14.6 Å². The summed E-state index contributed by atoms with van der Waals surface area (Å²) in [5, 5.41) is 3.00. The maximum Gasteiger partial charge on any atom is 0.274 e. The number of carbonyl (C=O) groups excluding carboxylic acids is 2. The molecule has 1 saturated carbocycles. The number of rotatable bonds is 6. The molecular weight excluding hydrogens is 368 g/mol. The van der Waals surface area contributed by atoms with Crippen molar-refractivity contribution in [1.29, 1.82) is 0 Å². The highest BCUT2D eigenvalue weighted by molar-refractivity contribution is 5.92. The largest absolute Gasteiger partial charge is 0.491 e. The van der Waals surface area contributed by atoms with E-state index in [9.17, 15) is 9.59 Å². The Balaban J connectivity index is 1.40. The zero-order chi connectivity index (χ0) is 20.2. The topological polar surface area (TPSA) is 84.4 Å². The van der Waals surface area contributed by atoms with Crippen molar-refractivity contribution in [2.75, 3.05) is 19.7 Å². The van der Waals surface area contributed by atoms with Gasteiger partial charge in [0.05, 0.1) is 18.4 Å². The Morgan fingerprint density at radius 3 is 2.86 bits per heavy atom. The molecule has 2 aromatic rings. The molecule has 1 N–H and O–H groups in total. The lowest BCUT2D eigenvalue weighted by Gasteiger charge is -2.19. The number of hydrogen-bond donors (Lipinski definition) is 1. The van der Waals surface area contributed by atoms with Crippen LogP contribution in [0.5, 0.6) is 5.75 Å². The van der Waals surface area contributed by atoms with Gasteiger partial charge < -0.3 is 15.0 Å². The third-order valence-electron chi connectivity index (χ3n) is 5.32. The van der Waals surface area contributed by atoms with Crippen LogP contribution in [0, 0.1) is 12.8 Å². The summed E-state index contributed by atoms with van der Waals surface area (Å²) in [6.07, 6.45) is 6.71. The van der Waals surface area contributed by atoms with Crippen LogP contribution < -0.4 is 10.1 Å². The summed E-state index contributed by atoms with van der Waals surface area (Å²) in [4.78, 5) is 34.9. The van der Waals surface area contributed by atoms with Gasteiger partial charge in [-0.05, 0) is 43.7 Å². The minimum atomic E-state index is -0.154. The number of nitrogens with zero attached hydrogens (tertiary/aromatic N) is 3. The molecule has 0 saturated heterocycles. The molecule has 29 heavy (non-hydrogen) atoms. The quantitative estimate of drug-likeness (QED) is 0.813. The standard InChI is InChI=1S/C22H26N4O3/c1-15-11-24-19(13-23-15)22(28)26-8-9-29-20-6-4-16(10-18(20)14-26)5-7-21(27)25-12-17-2-3-17/h4,6,10-11,13,17H,2-3,5,7-9,12,14H2,1H3,(H,25,27). The van der Waals surface area contributed by atoms with Crippen LogP contribution in [0.1, 0.15) is 46.6 Å². The van der Waals surface area contributed by atoms with Gasteiger partial charge >= 0.3 is 0 Å². The molecule has 2 aliphatic rings. The lowest BCUT2D eigenvalue weighted by Crippen LogP contribution is -2.33. The van der Waals surface area contributed by atoms with E-state index < -0.39 is 0 Å². The van der Waals surface area contributed by atoms with Crippen molar-refractivity contribution >= 4 is 11.8 Å². The highest BCUT2D eigenvalue weighted by atomic mass is 16.5. The zero-order valence-corrected chi connectivity index (χ0v) is 16.7. The zero-order valence-electron chi connectivity index (χ0n) is 16.7. The Hall–Kier alpha value is -2.96. The van der Waals surface area contributed by atoms with Crippen molar-refractivity contribution in [3.8, 4) is 5.75 Å². The van der Waals surface area contributed by atoms with Crippen molar-refractivity contribution in [3.63, 3.8) is 0 Å². The van der Waals surface area contributed by atoms with Crippen LogP contribution >= 0.6 is 0 Å². The van der Waals surface area contributed by atoms with Crippen LogP contribution in [0.15, 0.2) is 30.6 Å². The molecule has 7 heteroatoms. The van der Waals surface area contributed by atoms with E-state index in [1.54, 1.807) is 11.1 Å². The van der Waals surface area contributed by atoms with Gasteiger partial charge in [-0.2, -0.15) is 0 Å². The monoisotopic (exact) mass is 394 g/mol. The summed E-state index contributed by atoms with van der Waals surface area (Å²) >= 11 is 0. The molecule has 1 aromatic heterocycles. The van der Waals surface area contributed by atoms with Crippen LogP contribution in [0.2, 0.25) is 0 Å². The smallest absolute Gasteiger partial charge is 0.274 e. The van der Waals surface area contributed by atoms with Crippen LogP contribution in [0.4, 0.5) is 0 Å². The Morgan fingerprint density at radius 1 is 1.24 bits per heavy atom. The summed E-state index contributed by atoms with van der Waals surface area (Å²) in [7, 11) is 0. The predicted molar refractivity (Wildman–Crippen MR) is 108 cm³/mol. The first kappa shape index (κ1) is 19.4. The number of fused-ring (bicyclic) bond motifs is 1. The van der Waals surface area contributed by atoms with Crippen LogP contribution in [-0.4, -0.2) is 46.4 Å². The molecule has 0 spiro atoms. The van der Waals surface area contributed by atoms with Crippen molar-refractivity contribution < 1.29 is 14.3 Å². The first-order valence-corrected chi connectivity index (χ1v) is 10.2. The fraction of sp³-hybridized carbons (Fsp3) is 0.455. The maximum absolute atomic E-state index is 12.8. The van der Waals surface area contributed by atoms with Gasteiger partial charge in [0, 0.05) is 31.3 Å². The van der Waals surface area contributed by atoms with E-state index in [0.29, 0.717) is 44.1 Å². The molecule has 0 radical (unpaired) electrons. The highest BCUT2D eigenvalue weighted by Crippen LogP contribution is 2.28. The van der Waals surface area contributed by atoms with Crippen molar-refractivity contribution in [1.82, 2.24) is 20.2 Å². The van der Waals surface area contributed by atoms with Crippen LogP contribution in [0.25, 0.3) is 0 Å². The van der Waals surface area contributed by atoms with Crippen LogP contribution in [0.3, 0.4) is 0 Å². The molecule has 1 fully saturated rings. The van der Waals surface area contributed by atoms with Crippen molar-refractivity contribution in [2.24, 2.45) is 5.92 Å². The number of carbonyl (C=O) groups is 2. The number of benzene rings is 1. The van der Waals surface area contributed by atoms with Gasteiger partial charge in [-0.1, -0.05) is 12.1 Å². The average Bonchev–Trinajstić information content (AvgIpc) is 3.57. The normalized spacial score (nSPS) is 15.8. The van der Waals surface area contributed by atoms with E-state index in [-0.39, 0.29) is 11.8 Å². The van der Waals surface area contributed by atoms with E-state index in [2.05, 4.69) is 15.3 Å². The third kappa shape index (κ3) is 5.10. The number of aryl methyl sites for hydroxylation is 2. The molecule has 1 aliphatic carbocycles. The Kier molecular flexibility index (Phi) is 5.74. The summed E-state index contributed by atoms with van der Waals surface area (Å²) in [5.74, 6) is 1.42. The Bertz CT molecular complexity index is 893. The van der Waals surface area contributed by atoms with E-state index in [4.69, 9.17) is 4.74 Å². The summed E-state index contributed by atoms with van der Waals surface area (Å²) in [6.45, 7) is 4.01. The number of amides is 2. The van der Waals surface area contributed by atoms with Gasteiger partial charge in [0.15, 0.2) is 0 Å². The molecule has 7 nitrogen and oxygen atoms in total. The molecule has 0 bridgehead atoms. The predicted octanol–water partition coefficient (Wildman–Crippen LogP) is 2.28. The van der Waals surface area contributed by atoms with E-state index in [1.165, 1.54) is 19.0 Å².